The number of aliphatic hydroxyl groups is 1. The van der Waals surface area contributed by atoms with E-state index in [1.807, 2.05) is 24.3 Å². The minimum Gasteiger partial charge on any atom is -0.390 e. The van der Waals surface area contributed by atoms with Crippen molar-refractivity contribution in [2.24, 2.45) is 0 Å². The Labute approximate surface area is 136 Å². The normalized spacial score (nSPS) is 19.8. The molecule has 0 saturated heterocycles. The predicted molar refractivity (Wildman–Crippen MR) is 82.8 cm³/mol. The van der Waals surface area contributed by atoms with Crippen LogP contribution >= 0.6 is 23.2 Å². The molecule has 2 aromatic rings. The zero-order valence-corrected chi connectivity index (χ0v) is 12.8. The summed E-state index contributed by atoms with van der Waals surface area (Å²) in [5, 5.41) is 12.8. The van der Waals surface area contributed by atoms with E-state index in [2.05, 4.69) is 5.32 Å². The van der Waals surface area contributed by atoms with Crippen molar-refractivity contribution in [3.63, 3.8) is 0 Å². The van der Waals surface area contributed by atoms with E-state index < -0.39 is 23.9 Å². The Hall–Kier alpha value is -1.62. The Kier molecular flexibility index (Phi) is 4.08. The molecule has 2 aromatic carbocycles. The van der Waals surface area contributed by atoms with Gasteiger partial charge in [-0.05, 0) is 23.3 Å². The van der Waals surface area contributed by atoms with Crippen molar-refractivity contribution in [2.45, 2.75) is 18.6 Å². The molecule has 0 heterocycles. The Bertz CT molecular complexity index is 751. The maximum absolute atomic E-state index is 13.5. The van der Waals surface area contributed by atoms with Gasteiger partial charge in [0.25, 0.3) is 5.91 Å². The van der Waals surface area contributed by atoms with Gasteiger partial charge < -0.3 is 10.4 Å². The van der Waals surface area contributed by atoms with E-state index in [1.54, 1.807) is 0 Å². The fourth-order valence-electron chi connectivity index (χ4n) is 2.66. The summed E-state index contributed by atoms with van der Waals surface area (Å²) in [5.74, 6) is -1.27. The first-order chi connectivity index (χ1) is 10.5. The molecule has 0 aliphatic heterocycles. The van der Waals surface area contributed by atoms with Crippen molar-refractivity contribution in [1.29, 1.82) is 0 Å². The summed E-state index contributed by atoms with van der Waals surface area (Å²) in [6.45, 7) is 0. The van der Waals surface area contributed by atoms with Crippen molar-refractivity contribution < 1.29 is 14.3 Å². The molecule has 1 aliphatic carbocycles. The van der Waals surface area contributed by atoms with E-state index in [0.717, 1.165) is 17.2 Å². The molecule has 22 heavy (non-hydrogen) atoms. The first-order valence-corrected chi connectivity index (χ1v) is 7.44. The monoisotopic (exact) mass is 339 g/mol. The molecule has 0 bridgehead atoms. The molecule has 3 rings (SSSR count). The van der Waals surface area contributed by atoms with Crippen LogP contribution in [0.3, 0.4) is 0 Å². The summed E-state index contributed by atoms with van der Waals surface area (Å²) < 4.78 is 13.5. The predicted octanol–water partition coefficient (Wildman–Crippen LogP) is 3.52. The third-order valence-corrected chi connectivity index (χ3v) is 4.35. The second-order valence-corrected chi connectivity index (χ2v) is 5.98. The largest absolute Gasteiger partial charge is 0.390 e. The summed E-state index contributed by atoms with van der Waals surface area (Å²) in [5.41, 5.74) is 1.82. The molecule has 0 saturated carbocycles. The van der Waals surface area contributed by atoms with Crippen LogP contribution in [0, 0.1) is 5.82 Å². The minimum absolute atomic E-state index is 0.0138. The molecular formula is C16H12Cl2FNO2. The minimum atomic E-state index is -0.725. The third-order valence-electron chi connectivity index (χ3n) is 3.75. The number of carbonyl (C=O) groups is 1. The van der Waals surface area contributed by atoms with Gasteiger partial charge in [0.2, 0.25) is 0 Å². The molecule has 2 N–H and O–H groups in total. The molecule has 114 valence electrons. The lowest BCUT2D eigenvalue weighted by Gasteiger charge is -2.18. The molecule has 2 atom stereocenters. The van der Waals surface area contributed by atoms with Crippen LogP contribution < -0.4 is 5.32 Å². The molecule has 3 nitrogen and oxygen atoms in total. The molecule has 0 aromatic heterocycles. The quantitative estimate of drug-likeness (QED) is 0.822. The van der Waals surface area contributed by atoms with Crippen LogP contribution in [0.4, 0.5) is 4.39 Å². The molecule has 6 heteroatoms. The fraction of sp³-hybridized carbons (Fsp3) is 0.188. The van der Waals surface area contributed by atoms with Crippen LogP contribution in [0.1, 0.15) is 27.5 Å². The number of rotatable bonds is 2. The van der Waals surface area contributed by atoms with E-state index in [-0.39, 0.29) is 15.6 Å². The molecular weight excluding hydrogens is 328 g/mol. The number of amides is 1. The first kappa shape index (κ1) is 15.3. The summed E-state index contributed by atoms with van der Waals surface area (Å²) in [6.07, 6.45) is -0.263. The van der Waals surface area contributed by atoms with E-state index in [1.165, 1.54) is 6.07 Å². The number of aliphatic hydroxyl groups excluding tert-OH is 1. The van der Waals surface area contributed by atoms with Crippen LogP contribution in [0.25, 0.3) is 0 Å². The third kappa shape index (κ3) is 2.70. The second-order valence-electron chi connectivity index (χ2n) is 5.17. The number of halogens is 3. The Morgan fingerprint density at radius 3 is 2.73 bits per heavy atom. The van der Waals surface area contributed by atoms with Gasteiger partial charge in [0.05, 0.1) is 27.8 Å². The number of hydrogen-bond acceptors (Lipinski definition) is 2. The zero-order valence-electron chi connectivity index (χ0n) is 11.3. The van der Waals surface area contributed by atoms with Gasteiger partial charge in [0.15, 0.2) is 0 Å². The highest BCUT2D eigenvalue weighted by Crippen LogP contribution is 2.32. The Morgan fingerprint density at radius 2 is 1.95 bits per heavy atom. The van der Waals surface area contributed by atoms with Crippen LogP contribution in [0.5, 0.6) is 0 Å². The van der Waals surface area contributed by atoms with Crippen LogP contribution in [0.15, 0.2) is 36.4 Å². The van der Waals surface area contributed by atoms with Gasteiger partial charge in [-0.2, -0.15) is 0 Å². The Balaban J connectivity index is 1.88. The first-order valence-electron chi connectivity index (χ1n) is 6.68. The van der Waals surface area contributed by atoms with Crippen LogP contribution in [0.2, 0.25) is 10.0 Å². The van der Waals surface area contributed by atoms with Gasteiger partial charge >= 0.3 is 0 Å². The average Bonchev–Trinajstić information content (AvgIpc) is 2.79. The lowest BCUT2D eigenvalue weighted by Crippen LogP contribution is -2.34. The highest BCUT2D eigenvalue weighted by Gasteiger charge is 2.32. The highest BCUT2D eigenvalue weighted by atomic mass is 35.5. The van der Waals surface area contributed by atoms with Gasteiger partial charge in [-0.3, -0.25) is 4.79 Å². The van der Waals surface area contributed by atoms with Gasteiger partial charge in [0.1, 0.15) is 5.82 Å². The number of fused-ring (bicyclic) bond motifs is 1. The van der Waals surface area contributed by atoms with E-state index in [4.69, 9.17) is 23.2 Å². The van der Waals surface area contributed by atoms with Gasteiger partial charge in [-0.1, -0.05) is 47.5 Å². The molecule has 0 fully saturated rings. The van der Waals surface area contributed by atoms with E-state index in [9.17, 15) is 14.3 Å². The molecule has 2 unspecified atom stereocenters. The molecule has 1 aliphatic rings. The van der Waals surface area contributed by atoms with Crippen molar-refractivity contribution in [3.8, 4) is 0 Å². The molecule has 0 radical (unpaired) electrons. The van der Waals surface area contributed by atoms with Crippen LogP contribution in [-0.4, -0.2) is 17.1 Å². The van der Waals surface area contributed by atoms with Crippen molar-refractivity contribution in [3.05, 3.63) is 69.0 Å². The zero-order chi connectivity index (χ0) is 15.9. The maximum atomic E-state index is 13.5. The lowest BCUT2D eigenvalue weighted by atomic mass is 10.1. The highest BCUT2D eigenvalue weighted by molar-refractivity contribution is 6.36. The molecule has 1 amide bonds. The van der Waals surface area contributed by atoms with E-state index in [0.29, 0.717) is 6.42 Å². The summed E-state index contributed by atoms with van der Waals surface area (Å²) >= 11 is 11.6. The van der Waals surface area contributed by atoms with Crippen LogP contribution in [-0.2, 0) is 6.42 Å². The second kappa shape index (κ2) is 5.88. The maximum Gasteiger partial charge on any atom is 0.253 e. The van der Waals surface area contributed by atoms with Gasteiger partial charge in [-0.15, -0.1) is 0 Å². The topological polar surface area (TPSA) is 49.3 Å². The van der Waals surface area contributed by atoms with Gasteiger partial charge in [-0.25, -0.2) is 4.39 Å². The fourth-order valence-corrected chi connectivity index (χ4v) is 3.13. The summed E-state index contributed by atoms with van der Waals surface area (Å²) in [6, 6.07) is 9.10. The molecule has 0 spiro atoms. The summed E-state index contributed by atoms with van der Waals surface area (Å²) in [7, 11) is 0. The van der Waals surface area contributed by atoms with Crippen molar-refractivity contribution in [1.82, 2.24) is 5.32 Å². The number of hydrogen-bond donors (Lipinski definition) is 2. The SMILES string of the molecule is O=C(NC1c2ccccc2CC1O)c1cc(F)c(Cl)cc1Cl. The Morgan fingerprint density at radius 1 is 1.23 bits per heavy atom. The average molecular weight is 340 g/mol. The van der Waals surface area contributed by atoms with E-state index >= 15 is 0 Å². The summed E-state index contributed by atoms with van der Waals surface area (Å²) in [4.78, 5) is 12.3. The lowest BCUT2D eigenvalue weighted by molar-refractivity contribution is 0.0858. The number of nitrogens with one attached hydrogen (secondary N) is 1. The van der Waals surface area contributed by atoms with Crippen molar-refractivity contribution >= 4 is 29.1 Å². The number of carbonyl (C=O) groups excluding carboxylic acids is 1. The van der Waals surface area contributed by atoms with Gasteiger partial charge in [0, 0.05) is 6.42 Å². The standard InChI is InChI=1S/C16H12Cl2FNO2/c17-11-7-12(18)13(19)6-10(11)16(22)20-15-9-4-2-1-3-8(9)5-14(15)21/h1-4,6-7,14-15,21H,5H2,(H,20,22). The smallest absolute Gasteiger partial charge is 0.253 e. The van der Waals surface area contributed by atoms with Crippen molar-refractivity contribution in [2.75, 3.05) is 0 Å². The number of benzene rings is 2.